The van der Waals surface area contributed by atoms with Crippen LogP contribution in [-0.4, -0.2) is 27.4 Å². The number of rotatable bonds is 6. The number of alkyl halides is 3. The van der Waals surface area contributed by atoms with Gasteiger partial charge in [0.2, 0.25) is 5.91 Å². The summed E-state index contributed by atoms with van der Waals surface area (Å²) in [4.78, 5) is 33.1. The van der Waals surface area contributed by atoms with E-state index in [1.165, 1.54) is 6.07 Å². The maximum Gasteiger partial charge on any atom is 0.419 e. The Bertz CT molecular complexity index is 1520. The Kier molecular flexibility index (Phi) is 7.06. The zero-order chi connectivity index (χ0) is 28.7. The highest BCUT2D eigenvalue weighted by Crippen LogP contribution is 2.48. The molecule has 2 heterocycles. The number of benzene rings is 2. The number of anilines is 3. The van der Waals surface area contributed by atoms with Gasteiger partial charge >= 0.3 is 6.18 Å². The number of pyridine rings is 1. The first-order valence-electron chi connectivity index (χ1n) is 12.7. The fourth-order valence-electron chi connectivity index (χ4n) is 5.27. The maximum atomic E-state index is 13.7. The Balaban J connectivity index is 1.45. The van der Waals surface area contributed by atoms with Crippen LogP contribution < -0.4 is 15.1 Å². The summed E-state index contributed by atoms with van der Waals surface area (Å²) in [5, 5.41) is 12.1. The summed E-state index contributed by atoms with van der Waals surface area (Å²) in [6, 6.07) is 18.5. The number of nitrogens with one attached hydrogen (secondary N) is 1. The van der Waals surface area contributed by atoms with Crippen LogP contribution in [0.15, 0.2) is 66.9 Å². The van der Waals surface area contributed by atoms with Gasteiger partial charge in [0.25, 0.3) is 5.91 Å². The Morgan fingerprint density at radius 2 is 1.82 bits per heavy atom. The number of carbonyl (C=O) groups excluding carboxylic acids is 2. The summed E-state index contributed by atoms with van der Waals surface area (Å²) >= 11 is 5.66. The van der Waals surface area contributed by atoms with Crippen LogP contribution in [0.2, 0.25) is 0 Å². The van der Waals surface area contributed by atoms with E-state index in [4.69, 9.17) is 17.5 Å². The third-order valence-corrected chi connectivity index (χ3v) is 7.82. The highest BCUT2D eigenvalue weighted by atomic mass is 32.1. The molecule has 1 aliphatic carbocycles. The van der Waals surface area contributed by atoms with Crippen LogP contribution in [-0.2, 0) is 15.8 Å². The highest BCUT2D eigenvalue weighted by molar-refractivity contribution is 7.81. The fourth-order valence-corrected chi connectivity index (χ4v) is 5.74. The van der Waals surface area contributed by atoms with Crippen molar-refractivity contribution in [1.29, 1.82) is 5.26 Å². The smallest absolute Gasteiger partial charge is 0.326 e. The van der Waals surface area contributed by atoms with Gasteiger partial charge in [-0.1, -0.05) is 37.3 Å². The summed E-state index contributed by atoms with van der Waals surface area (Å²) < 4.78 is 40.8. The molecule has 204 valence electrons. The second-order valence-electron chi connectivity index (χ2n) is 9.75. The molecular weight excluding hydrogens is 539 g/mol. The van der Waals surface area contributed by atoms with E-state index in [0.29, 0.717) is 30.6 Å². The van der Waals surface area contributed by atoms with Crippen LogP contribution in [0.25, 0.3) is 0 Å². The molecule has 7 nitrogen and oxygen atoms in total. The second-order valence-corrected chi connectivity index (χ2v) is 10.1. The molecule has 0 bridgehead atoms. The predicted molar refractivity (Wildman–Crippen MR) is 148 cm³/mol. The molecule has 11 heteroatoms. The number of carbonyl (C=O) groups is 2. The molecule has 1 saturated heterocycles. The molecule has 1 unspecified atom stereocenters. The largest absolute Gasteiger partial charge is 0.419 e. The number of nitriles is 1. The van der Waals surface area contributed by atoms with Crippen LogP contribution in [0.5, 0.6) is 0 Å². The van der Waals surface area contributed by atoms with E-state index < -0.39 is 34.8 Å². The zero-order valence-electron chi connectivity index (χ0n) is 21.4. The maximum absolute atomic E-state index is 13.7. The molecule has 1 atom stereocenters. The molecule has 2 fully saturated rings. The lowest BCUT2D eigenvalue weighted by Gasteiger charge is -2.43. The summed E-state index contributed by atoms with van der Waals surface area (Å²) in [5.41, 5.74) is -1.09. The minimum Gasteiger partial charge on any atom is -0.326 e. The van der Waals surface area contributed by atoms with Gasteiger partial charge in [0.05, 0.1) is 23.4 Å². The van der Waals surface area contributed by atoms with Gasteiger partial charge < -0.3 is 10.2 Å². The molecule has 0 radical (unpaired) electrons. The van der Waals surface area contributed by atoms with Crippen LogP contribution in [0.4, 0.5) is 30.2 Å². The van der Waals surface area contributed by atoms with Crippen molar-refractivity contribution in [3.8, 4) is 6.07 Å². The number of hydrogen-bond donors (Lipinski definition) is 1. The standard InChI is InChI=1S/C29H24F3N5O2S/c1-2-22(25(38)35-19-7-4-3-5-8-19)18-9-11-20(12-10-18)37-27(40)36(26(39)28(37)13-6-14-28)21-15-23(29(30,31)32)24(16-33)34-17-21/h3-5,7-12,15,17,22H,2,6,13-14H2,1H3,(H,35,38). The number of hydrogen-bond acceptors (Lipinski definition) is 5. The molecule has 1 aliphatic heterocycles. The van der Waals surface area contributed by atoms with Crippen LogP contribution in [0.3, 0.4) is 0 Å². The highest BCUT2D eigenvalue weighted by Gasteiger charge is 2.59. The number of halogens is 3. The summed E-state index contributed by atoms with van der Waals surface area (Å²) in [7, 11) is 0. The third-order valence-electron chi connectivity index (χ3n) is 7.45. The van der Waals surface area contributed by atoms with E-state index in [9.17, 15) is 22.8 Å². The average Bonchev–Trinajstić information content (AvgIpc) is 3.15. The molecular formula is C29H24F3N5O2S. The molecule has 1 spiro atoms. The van der Waals surface area contributed by atoms with Crippen LogP contribution in [0.1, 0.15) is 55.3 Å². The van der Waals surface area contributed by atoms with Crippen molar-refractivity contribution in [3.63, 3.8) is 0 Å². The molecule has 2 amide bonds. The van der Waals surface area contributed by atoms with E-state index in [2.05, 4.69) is 10.3 Å². The van der Waals surface area contributed by atoms with Crippen LogP contribution >= 0.6 is 12.2 Å². The Labute approximate surface area is 234 Å². The molecule has 1 aromatic heterocycles. The van der Waals surface area contributed by atoms with Crippen molar-refractivity contribution in [1.82, 2.24) is 4.98 Å². The monoisotopic (exact) mass is 563 g/mol. The number of amides is 2. The van der Waals surface area contributed by atoms with E-state index in [0.717, 1.165) is 29.1 Å². The van der Waals surface area contributed by atoms with Crippen molar-refractivity contribution >= 4 is 46.2 Å². The van der Waals surface area contributed by atoms with Crippen molar-refractivity contribution in [2.24, 2.45) is 0 Å². The van der Waals surface area contributed by atoms with E-state index in [1.807, 2.05) is 37.3 Å². The van der Waals surface area contributed by atoms with Gasteiger partial charge in [-0.25, -0.2) is 4.98 Å². The summed E-state index contributed by atoms with van der Waals surface area (Å²) in [5.74, 6) is -0.994. The second kappa shape index (κ2) is 10.4. The van der Waals surface area contributed by atoms with Crippen LogP contribution in [0, 0.1) is 11.3 Å². The van der Waals surface area contributed by atoms with E-state index >= 15 is 0 Å². The lowest BCUT2D eigenvalue weighted by atomic mass is 9.75. The van der Waals surface area contributed by atoms with E-state index in [1.54, 1.807) is 29.2 Å². The first-order valence-corrected chi connectivity index (χ1v) is 13.1. The molecule has 5 rings (SSSR count). The molecule has 3 aromatic rings. The van der Waals surface area contributed by atoms with Gasteiger partial charge in [0, 0.05) is 11.4 Å². The molecule has 1 N–H and O–H groups in total. The lowest BCUT2D eigenvalue weighted by molar-refractivity contribution is -0.138. The Morgan fingerprint density at radius 3 is 2.38 bits per heavy atom. The molecule has 40 heavy (non-hydrogen) atoms. The number of thiocarbonyl (C=S) groups is 1. The van der Waals surface area contributed by atoms with Gasteiger partial charge in [-0.3, -0.25) is 14.5 Å². The normalized spacial score (nSPS) is 17.0. The van der Waals surface area contributed by atoms with Gasteiger partial charge in [-0.2, -0.15) is 18.4 Å². The van der Waals surface area contributed by atoms with Crippen molar-refractivity contribution in [2.45, 2.75) is 50.2 Å². The Hall–Kier alpha value is -4.30. The number of aromatic nitrogens is 1. The zero-order valence-corrected chi connectivity index (χ0v) is 22.2. The summed E-state index contributed by atoms with van der Waals surface area (Å²) in [6.07, 6.45) is -1.48. The number of nitrogens with zero attached hydrogens (tertiary/aromatic N) is 4. The van der Waals surface area contributed by atoms with Crippen molar-refractivity contribution < 1.29 is 22.8 Å². The molecule has 1 saturated carbocycles. The van der Waals surface area contributed by atoms with Gasteiger partial charge in [0.1, 0.15) is 11.6 Å². The Morgan fingerprint density at radius 1 is 1.15 bits per heavy atom. The summed E-state index contributed by atoms with van der Waals surface area (Å²) in [6.45, 7) is 1.92. The van der Waals surface area contributed by atoms with Gasteiger partial charge in [0.15, 0.2) is 10.8 Å². The first kappa shape index (κ1) is 27.3. The molecule has 2 aromatic carbocycles. The average molecular weight is 564 g/mol. The van der Waals surface area contributed by atoms with Crippen molar-refractivity contribution in [3.05, 3.63) is 83.7 Å². The quantitative estimate of drug-likeness (QED) is 0.361. The molecule has 2 aliphatic rings. The first-order chi connectivity index (χ1) is 19.1. The van der Waals surface area contributed by atoms with Gasteiger partial charge in [-0.15, -0.1) is 0 Å². The predicted octanol–water partition coefficient (Wildman–Crippen LogP) is 6.17. The van der Waals surface area contributed by atoms with Gasteiger partial charge in [-0.05, 0) is 73.8 Å². The van der Waals surface area contributed by atoms with Crippen molar-refractivity contribution in [2.75, 3.05) is 15.1 Å². The minimum atomic E-state index is -4.83. The fraction of sp³-hybridized carbons (Fsp3) is 0.276. The lowest BCUT2D eigenvalue weighted by Crippen LogP contribution is -2.55. The third kappa shape index (κ3) is 4.58. The topological polar surface area (TPSA) is 89.3 Å². The number of para-hydroxylation sites is 1. The SMILES string of the molecule is CCC(C(=O)Nc1ccccc1)c1ccc(N2C(=S)N(c3cnc(C#N)c(C(F)(F)F)c3)C(=O)C23CCC3)cc1. The minimum absolute atomic E-state index is 0.0333. The van der Waals surface area contributed by atoms with E-state index in [-0.39, 0.29) is 16.7 Å².